The minimum atomic E-state index is -3.81. The number of amides is 1. The molecule has 11 heteroatoms. The van der Waals surface area contributed by atoms with Crippen molar-refractivity contribution in [1.29, 1.82) is 0 Å². The molecule has 0 radical (unpaired) electrons. The molecule has 1 amide bonds. The number of tetrazole rings is 1. The van der Waals surface area contributed by atoms with Crippen LogP contribution in [0, 0.1) is 6.92 Å². The Balaban J connectivity index is 1.44. The van der Waals surface area contributed by atoms with Crippen molar-refractivity contribution in [1.82, 2.24) is 20.2 Å². The maximum absolute atomic E-state index is 12.8. The van der Waals surface area contributed by atoms with E-state index in [4.69, 9.17) is 0 Å². The van der Waals surface area contributed by atoms with Crippen LogP contribution in [0.2, 0.25) is 0 Å². The van der Waals surface area contributed by atoms with Gasteiger partial charge in [-0.05, 0) is 53.7 Å². The van der Waals surface area contributed by atoms with Crippen molar-refractivity contribution in [3.8, 4) is 5.69 Å². The third-order valence-electron chi connectivity index (χ3n) is 4.55. The summed E-state index contributed by atoms with van der Waals surface area (Å²) in [4.78, 5) is 12.7. The summed E-state index contributed by atoms with van der Waals surface area (Å²) >= 11 is 1.17. The number of hydrogen-bond donors (Lipinski definition) is 2. The van der Waals surface area contributed by atoms with Crippen LogP contribution < -0.4 is 10.0 Å². The van der Waals surface area contributed by atoms with Gasteiger partial charge < -0.3 is 5.32 Å². The number of para-hydroxylation sites is 3. The number of anilines is 2. The van der Waals surface area contributed by atoms with Gasteiger partial charge in [-0.1, -0.05) is 59.8 Å². The average Bonchev–Trinajstić information content (AvgIpc) is 3.28. The molecule has 4 aromatic rings. The van der Waals surface area contributed by atoms with Gasteiger partial charge in [0, 0.05) is 0 Å². The summed E-state index contributed by atoms with van der Waals surface area (Å²) in [5.74, 6) is -0.295. The predicted molar refractivity (Wildman–Crippen MR) is 127 cm³/mol. The maximum atomic E-state index is 12.8. The average molecular weight is 481 g/mol. The number of carbonyl (C=O) groups excluding carboxylic acids is 1. The fraction of sp³-hybridized carbons (Fsp3) is 0.0909. The van der Waals surface area contributed by atoms with Gasteiger partial charge in [0.2, 0.25) is 11.1 Å². The molecule has 0 aliphatic carbocycles. The molecule has 0 unspecified atom stereocenters. The number of aromatic nitrogens is 4. The van der Waals surface area contributed by atoms with Gasteiger partial charge in [0.1, 0.15) is 0 Å². The fourth-order valence-electron chi connectivity index (χ4n) is 2.92. The zero-order valence-electron chi connectivity index (χ0n) is 17.5. The number of rotatable bonds is 8. The fourth-order valence-corrected chi connectivity index (χ4v) is 4.69. The van der Waals surface area contributed by atoms with Gasteiger partial charge in [-0.15, -0.1) is 5.10 Å². The highest BCUT2D eigenvalue weighted by atomic mass is 32.2. The molecule has 4 rings (SSSR count). The second-order valence-electron chi connectivity index (χ2n) is 7.01. The molecule has 0 saturated heterocycles. The van der Waals surface area contributed by atoms with E-state index >= 15 is 0 Å². The summed E-state index contributed by atoms with van der Waals surface area (Å²) in [5, 5.41) is 14.8. The number of nitrogens with zero attached hydrogens (tertiary/aromatic N) is 4. The Morgan fingerprint density at radius 3 is 2.33 bits per heavy atom. The van der Waals surface area contributed by atoms with E-state index in [1.54, 1.807) is 41.1 Å². The van der Waals surface area contributed by atoms with E-state index in [9.17, 15) is 13.2 Å². The molecule has 9 nitrogen and oxygen atoms in total. The number of nitrogens with one attached hydrogen (secondary N) is 2. The SMILES string of the molecule is Cc1ccc(S(=O)(=O)Nc2ccccc2NC(=O)CSc2nnnn2-c2ccccc2)cc1. The first-order valence-electron chi connectivity index (χ1n) is 9.87. The van der Waals surface area contributed by atoms with E-state index in [1.807, 2.05) is 37.3 Å². The topological polar surface area (TPSA) is 119 Å². The first-order valence-corrected chi connectivity index (χ1v) is 12.3. The minimum absolute atomic E-state index is 0.0340. The van der Waals surface area contributed by atoms with Gasteiger partial charge in [0.15, 0.2) is 0 Å². The molecule has 33 heavy (non-hydrogen) atoms. The molecule has 1 heterocycles. The van der Waals surface area contributed by atoms with Crippen LogP contribution in [0.25, 0.3) is 5.69 Å². The molecule has 0 aliphatic rings. The number of sulfonamides is 1. The first-order chi connectivity index (χ1) is 15.9. The quantitative estimate of drug-likeness (QED) is 0.371. The largest absolute Gasteiger partial charge is 0.324 e. The van der Waals surface area contributed by atoms with Crippen LogP contribution in [0.15, 0.2) is 88.9 Å². The lowest BCUT2D eigenvalue weighted by atomic mass is 10.2. The Morgan fingerprint density at radius 2 is 1.61 bits per heavy atom. The molecule has 0 spiro atoms. The standard InChI is InChI=1S/C22H20N6O3S2/c1-16-11-13-18(14-12-16)33(30,31)25-20-10-6-5-9-19(20)23-21(29)15-32-22-24-26-27-28(22)17-7-3-2-4-8-17/h2-14,25H,15H2,1H3,(H,23,29). The summed E-state index contributed by atoms with van der Waals surface area (Å²) in [6, 6.07) is 22.5. The van der Waals surface area contributed by atoms with Crippen LogP contribution in [-0.4, -0.2) is 40.3 Å². The second-order valence-corrected chi connectivity index (χ2v) is 9.63. The van der Waals surface area contributed by atoms with Crippen LogP contribution >= 0.6 is 11.8 Å². The van der Waals surface area contributed by atoms with Gasteiger partial charge in [-0.25, -0.2) is 8.42 Å². The van der Waals surface area contributed by atoms with E-state index < -0.39 is 10.0 Å². The molecule has 0 fully saturated rings. The highest BCUT2D eigenvalue weighted by Gasteiger charge is 2.17. The molecular weight excluding hydrogens is 460 g/mol. The number of hydrogen-bond acceptors (Lipinski definition) is 7. The Labute approximate surface area is 195 Å². The van der Waals surface area contributed by atoms with E-state index in [1.165, 1.54) is 23.9 Å². The molecule has 2 N–H and O–H groups in total. The second kappa shape index (κ2) is 9.84. The van der Waals surface area contributed by atoms with Gasteiger partial charge in [-0.2, -0.15) is 4.68 Å². The van der Waals surface area contributed by atoms with Crippen LogP contribution in [0.4, 0.5) is 11.4 Å². The lowest BCUT2D eigenvalue weighted by Crippen LogP contribution is -2.18. The molecule has 0 atom stereocenters. The summed E-state index contributed by atoms with van der Waals surface area (Å²) in [5.41, 5.74) is 2.35. The van der Waals surface area contributed by atoms with E-state index in [-0.39, 0.29) is 22.2 Å². The Hall–Kier alpha value is -3.70. The number of carbonyl (C=O) groups is 1. The smallest absolute Gasteiger partial charge is 0.261 e. The van der Waals surface area contributed by atoms with Crippen molar-refractivity contribution in [3.05, 3.63) is 84.4 Å². The summed E-state index contributed by atoms with van der Waals surface area (Å²) in [6.45, 7) is 1.88. The van der Waals surface area contributed by atoms with Crippen molar-refractivity contribution < 1.29 is 13.2 Å². The van der Waals surface area contributed by atoms with Gasteiger partial charge in [0.25, 0.3) is 10.0 Å². The van der Waals surface area contributed by atoms with Crippen molar-refractivity contribution in [2.24, 2.45) is 0 Å². The molecule has 0 saturated carbocycles. The van der Waals surface area contributed by atoms with Crippen LogP contribution in [-0.2, 0) is 14.8 Å². The predicted octanol–water partition coefficient (Wildman–Crippen LogP) is 3.50. The van der Waals surface area contributed by atoms with Crippen molar-refractivity contribution in [2.75, 3.05) is 15.8 Å². The summed E-state index contributed by atoms with van der Waals surface area (Å²) in [7, 11) is -3.81. The number of thioether (sulfide) groups is 1. The molecule has 1 aromatic heterocycles. The van der Waals surface area contributed by atoms with E-state index in [2.05, 4.69) is 25.6 Å². The normalized spacial score (nSPS) is 11.2. The van der Waals surface area contributed by atoms with Crippen LogP contribution in [0.3, 0.4) is 0 Å². The van der Waals surface area contributed by atoms with Crippen LogP contribution in [0.5, 0.6) is 0 Å². The van der Waals surface area contributed by atoms with Crippen LogP contribution in [0.1, 0.15) is 5.56 Å². The van der Waals surface area contributed by atoms with E-state index in [0.717, 1.165) is 11.3 Å². The number of aryl methyl sites for hydroxylation is 1. The van der Waals surface area contributed by atoms with Crippen molar-refractivity contribution in [2.45, 2.75) is 17.0 Å². The maximum Gasteiger partial charge on any atom is 0.261 e. The van der Waals surface area contributed by atoms with Crippen molar-refractivity contribution in [3.63, 3.8) is 0 Å². The van der Waals surface area contributed by atoms with Gasteiger partial charge in [0.05, 0.1) is 27.7 Å². The Morgan fingerprint density at radius 1 is 0.939 bits per heavy atom. The lowest BCUT2D eigenvalue weighted by molar-refractivity contribution is -0.113. The molecule has 0 bridgehead atoms. The monoisotopic (exact) mass is 480 g/mol. The first kappa shape index (κ1) is 22.5. The molecule has 0 aliphatic heterocycles. The third-order valence-corrected chi connectivity index (χ3v) is 6.85. The van der Waals surface area contributed by atoms with Gasteiger partial charge in [-0.3, -0.25) is 9.52 Å². The minimum Gasteiger partial charge on any atom is -0.324 e. The Kier molecular flexibility index (Phi) is 6.71. The zero-order valence-corrected chi connectivity index (χ0v) is 19.2. The highest BCUT2D eigenvalue weighted by molar-refractivity contribution is 7.99. The molecule has 3 aromatic carbocycles. The van der Waals surface area contributed by atoms with E-state index in [0.29, 0.717) is 10.8 Å². The Bertz CT molecular complexity index is 1360. The van der Waals surface area contributed by atoms with Crippen molar-refractivity contribution >= 4 is 39.1 Å². The summed E-state index contributed by atoms with van der Waals surface area (Å²) in [6.07, 6.45) is 0. The summed E-state index contributed by atoms with van der Waals surface area (Å²) < 4.78 is 29.6. The third kappa shape index (κ3) is 5.57. The number of benzene rings is 3. The highest BCUT2D eigenvalue weighted by Crippen LogP contribution is 2.25. The zero-order chi connectivity index (χ0) is 23.3. The molecular formula is C22H20N6O3S2. The lowest BCUT2D eigenvalue weighted by Gasteiger charge is -2.13. The molecule has 168 valence electrons. The van der Waals surface area contributed by atoms with Gasteiger partial charge >= 0.3 is 0 Å².